The Labute approximate surface area is 199 Å². The van der Waals surface area contributed by atoms with Crippen molar-refractivity contribution in [2.24, 2.45) is 10.6 Å². The fourth-order valence-electron chi connectivity index (χ4n) is 4.76. The van der Waals surface area contributed by atoms with Gasteiger partial charge in [0.25, 0.3) is 15.9 Å². The molecule has 1 amide bonds. The lowest BCUT2D eigenvalue weighted by Gasteiger charge is -2.34. The van der Waals surface area contributed by atoms with Crippen molar-refractivity contribution >= 4 is 33.4 Å². The van der Waals surface area contributed by atoms with Crippen LogP contribution in [0.2, 0.25) is 0 Å². The van der Waals surface area contributed by atoms with E-state index in [-0.39, 0.29) is 11.1 Å². The summed E-state index contributed by atoms with van der Waals surface area (Å²) in [6.07, 6.45) is 4.61. The van der Waals surface area contributed by atoms with Crippen LogP contribution in [-0.4, -0.2) is 63.2 Å². The van der Waals surface area contributed by atoms with Crippen molar-refractivity contribution in [3.05, 3.63) is 35.9 Å². The van der Waals surface area contributed by atoms with Crippen LogP contribution in [0.3, 0.4) is 0 Å². The van der Waals surface area contributed by atoms with Crippen molar-refractivity contribution in [2.75, 3.05) is 47.9 Å². The molecule has 2 aromatic heterocycles. The fraction of sp³-hybridized carbons (Fsp3) is 0.522. The minimum Gasteiger partial charge on any atom is -0.375 e. The predicted molar refractivity (Wildman–Crippen MR) is 129 cm³/mol. The average molecular weight is 487 g/mol. The lowest BCUT2D eigenvalue weighted by Crippen LogP contribution is -2.41. The second-order valence-corrected chi connectivity index (χ2v) is 11.0. The van der Waals surface area contributed by atoms with Crippen LogP contribution < -0.4 is 20.3 Å². The van der Waals surface area contributed by atoms with Crippen molar-refractivity contribution in [3.8, 4) is 0 Å². The number of aromatic nitrogens is 2. The Bertz CT molecular complexity index is 1190. The second-order valence-electron chi connectivity index (χ2n) is 9.52. The van der Waals surface area contributed by atoms with Gasteiger partial charge in [0.1, 0.15) is 17.5 Å². The van der Waals surface area contributed by atoms with Crippen LogP contribution in [0.25, 0.3) is 0 Å². The van der Waals surface area contributed by atoms with Gasteiger partial charge in [-0.15, -0.1) is 0 Å². The summed E-state index contributed by atoms with van der Waals surface area (Å²) in [6.45, 7) is 5.55. The molecule has 0 unspecified atom stereocenters. The summed E-state index contributed by atoms with van der Waals surface area (Å²) in [5, 5.41) is 7.94. The summed E-state index contributed by atoms with van der Waals surface area (Å²) < 4.78 is 29.5. The number of hydrogen-bond acceptors (Lipinski definition) is 8. The van der Waals surface area contributed by atoms with Crippen LogP contribution in [0.1, 0.15) is 43.0 Å². The number of ether oxygens (including phenoxy) is 1. The number of anilines is 3. The number of carbonyl (C=O) groups excluding carboxylic acids is 1. The molecule has 34 heavy (non-hydrogen) atoms. The fourth-order valence-corrected chi connectivity index (χ4v) is 5.23. The molecule has 182 valence electrons. The van der Waals surface area contributed by atoms with E-state index >= 15 is 0 Å². The molecule has 1 saturated carbocycles. The van der Waals surface area contributed by atoms with Crippen LogP contribution in [0, 0.1) is 5.41 Å². The minimum atomic E-state index is -4.00. The Morgan fingerprint density at radius 1 is 1.09 bits per heavy atom. The molecular formula is C23H30N6O4S. The summed E-state index contributed by atoms with van der Waals surface area (Å²) in [4.78, 5) is 26.3. The number of rotatable bonds is 5. The Morgan fingerprint density at radius 2 is 1.85 bits per heavy atom. The first-order chi connectivity index (χ1) is 16.2. The highest BCUT2D eigenvalue weighted by atomic mass is 32.2. The molecule has 3 fully saturated rings. The summed E-state index contributed by atoms with van der Waals surface area (Å²) in [6, 6.07) is 8.24. The molecule has 2 aliphatic heterocycles. The van der Waals surface area contributed by atoms with Crippen LogP contribution in [-0.2, 0) is 14.8 Å². The lowest BCUT2D eigenvalue weighted by molar-refractivity contribution is 0.0529. The number of primary sulfonamides is 1. The first-order valence-electron chi connectivity index (χ1n) is 11.7. The van der Waals surface area contributed by atoms with E-state index in [1.165, 1.54) is 25.0 Å². The molecule has 3 aliphatic rings. The van der Waals surface area contributed by atoms with Gasteiger partial charge in [0, 0.05) is 26.2 Å². The van der Waals surface area contributed by atoms with Crippen molar-refractivity contribution in [2.45, 2.75) is 43.7 Å². The van der Waals surface area contributed by atoms with E-state index in [1.54, 1.807) is 6.07 Å². The molecular weight excluding hydrogens is 456 g/mol. The molecule has 2 aromatic rings. The molecule has 0 aromatic carbocycles. The highest BCUT2D eigenvalue weighted by Crippen LogP contribution is 2.54. The number of carbonyl (C=O) groups is 1. The maximum Gasteiger partial charge on any atom is 0.260 e. The Kier molecular flexibility index (Phi) is 5.95. The van der Waals surface area contributed by atoms with Gasteiger partial charge < -0.3 is 19.9 Å². The number of nitrogens with one attached hydrogen (secondary N) is 1. The number of morpholine rings is 1. The van der Waals surface area contributed by atoms with E-state index in [9.17, 15) is 13.2 Å². The second kappa shape index (κ2) is 8.79. The third-order valence-corrected chi connectivity index (χ3v) is 7.82. The van der Waals surface area contributed by atoms with Gasteiger partial charge in [0.2, 0.25) is 0 Å². The van der Waals surface area contributed by atoms with E-state index < -0.39 is 15.9 Å². The molecule has 0 bridgehead atoms. The van der Waals surface area contributed by atoms with E-state index in [1.807, 2.05) is 24.0 Å². The maximum absolute atomic E-state index is 13.3. The first-order valence-corrected chi connectivity index (χ1v) is 13.2. The van der Waals surface area contributed by atoms with Gasteiger partial charge in [-0.1, -0.05) is 6.07 Å². The van der Waals surface area contributed by atoms with Gasteiger partial charge >= 0.3 is 0 Å². The van der Waals surface area contributed by atoms with Gasteiger partial charge in [0.15, 0.2) is 5.03 Å². The minimum absolute atomic E-state index is 0.110. The third kappa shape index (κ3) is 4.86. The molecule has 2 saturated heterocycles. The highest BCUT2D eigenvalue weighted by Gasteiger charge is 2.45. The number of amides is 1. The smallest absolute Gasteiger partial charge is 0.260 e. The topological polar surface area (TPSA) is 131 Å². The van der Waals surface area contributed by atoms with E-state index in [2.05, 4.69) is 20.2 Å². The zero-order valence-corrected chi connectivity index (χ0v) is 20.1. The van der Waals surface area contributed by atoms with Crippen LogP contribution in [0.4, 0.5) is 17.5 Å². The summed E-state index contributed by atoms with van der Waals surface area (Å²) in [5.41, 5.74) is 0.726. The summed E-state index contributed by atoms with van der Waals surface area (Å²) >= 11 is 0. The van der Waals surface area contributed by atoms with Crippen molar-refractivity contribution in [3.63, 3.8) is 0 Å². The number of nitrogens with two attached hydrogens (primary N) is 1. The van der Waals surface area contributed by atoms with Gasteiger partial charge in [-0.2, -0.15) is 0 Å². The number of sulfonamides is 1. The monoisotopic (exact) mass is 486 g/mol. The third-order valence-electron chi connectivity index (χ3n) is 7.01. The molecule has 1 aliphatic carbocycles. The van der Waals surface area contributed by atoms with Crippen LogP contribution >= 0.6 is 0 Å². The van der Waals surface area contributed by atoms with Crippen molar-refractivity contribution < 1.29 is 17.9 Å². The standard InChI is InChI=1S/C23H30N6O4S/c1-16-15-29(13-14-33-16)19-4-2-3-18(25-19)26-22(30)17-5-6-20(34(24,31)32)27-21(17)28-11-9-23(7-8-23)10-12-28/h2-6,16H,7-15H2,1H3,(H2,24,31,32)(H,25,26,30)/t16-/m1/s1. The molecule has 0 radical (unpaired) electrons. The SMILES string of the molecule is C[C@@H]1CN(c2cccc(NC(=O)c3ccc(S(N)(=O)=O)nc3N3CCC4(CC3)CC4)n2)CCO1. The highest BCUT2D eigenvalue weighted by molar-refractivity contribution is 7.89. The van der Waals surface area contributed by atoms with Gasteiger partial charge in [0.05, 0.1) is 18.3 Å². The molecule has 10 nitrogen and oxygen atoms in total. The first kappa shape index (κ1) is 23.0. The largest absolute Gasteiger partial charge is 0.375 e. The average Bonchev–Trinajstić information content (AvgIpc) is 3.57. The zero-order valence-electron chi connectivity index (χ0n) is 19.2. The number of piperidine rings is 1. The number of nitrogens with zero attached hydrogens (tertiary/aromatic N) is 4. The van der Waals surface area contributed by atoms with E-state index in [4.69, 9.17) is 9.88 Å². The zero-order chi connectivity index (χ0) is 23.9. The molecule has 5 rings (SSSR count). The Morgan fingerprint density at radius 3 is 2.53 bits per heavy atom. The van der Waals surface area contributed by atoms with Crippen molar-refractivity contribution in [1.29, 1.82) is 0 Å². The molecule has 3 N–H and O–H groups in total. The van der Waals surface area contributed by atoms with Gasteiger partial charge in [-0.3, -0.25) is 4.79 Å². The summed E-state index contributed by atoms with van der Waals surface area (Å²) in [5.74, 6) is 1.13. The lowest BCUT2D eigenvalue weighted by atomic mass is 9.93. The van der Waals surface area contributed by atoms with Gasteiger partial charge in [-0.25, -0.2) is 23.5 Å². The summed E-state index contributed by atoms with van der Waals surface area (Å²) in [7, 11) is -4.00. The van der Waals surface area contributed by atoms with Crippen LogP contribution in [0.15, 0.2) is 35.4 Å². The number of pyridine rings is 2. The van der Waals surface area contributed by atoms with E-state index in [0.717, 1.165) is 44.8 Å². The maximum atomic E-state index is 13.3. The van der Waals surface area contributed by atoms with Crippen LogP contribution in [0.5, 0.6) is 0 Å². The molecule has 4 heterocycles. The van der Waals surface area contributed by atoms with Crippen molar-refractivity contribution in [1.82, 2.24) is 9.97 Å². The predicted octanol–water partition coefficient (Wildman–Crippen LogP) is 1.98. The van der Waals surface area contributed by atoms with Gasteiger partial charge in [-0.05, 0) is 62.3 Å². The Balaban J connectivity index is 1.39. The quantitative estimate of drug-likeness (QED) is 0.656. The molecule has 1 spiro atoms. The normalized spacial score (nSPS) is 22.0. The molecule has 11 heteroatoms. The molecule has 1 atom stereocenters. The number of hydrogen-bond donors (Lipinski definition) is 2. The Hall–Kier alpha value is -2.76. The van der Waals surface area contributed by atoms with E-state index in [0.29, 0.717) is 29.2 Å².